The first-order valence-corrected chi connectivity index (χ1v) is 6.80. The van der Waals surface area contributed by atoms with Gasteiger partial charge in [-0.1, -0.05) is 41.1 Å². The molecule has 1 heterocycles. The number of nitrogens with zero attached hydrogens (tertiary/aromatic N) is 3. The van der Waals surface area contributed by atoms with Gasteiger partial charge in [0.15, 0.2) is 5.69 Å². The summed E-state index contributed by atoms with van der Waals surface area (Å²) in [6.07, 6.45) is 0. The Bertz CT molecular complexity index is 655. The second-order valence-electron chi connectivity index (χ2n) is 4.68. The van der Waals surface area contributed by atoms with E-state index in [0.29, 0.717) is 15.7 Å². The van der Waals surface area contributed by atoms with E-state index >= 15 is 0 Å². The van der Waals surface area contributed by atoms with E-state index in [0.717, 1.165) is 0 Å². The zero-order valence-corrected chi connectivity index (χ0v) is 12.6. The van der Waals surface area contributed by atoms with Gasteiger partial charge in [0.05, 0.1) is 12.2 Å². The predicted octanol–water partition coefficient (Wildman–Crippen LogP) is 3.05. The molecule has 1 aromatic heterocycles. The van der Waals surface area contributed by atoms with Crippen LogP contribution < -0.4 is 0 Å². The molecule has 0 fully saturated rings. The Hall–Kier alpha value is -1.76. The van der Waals surface area contributed by atoms with E-state index in [4.69, 9.17) is 5.11 Å². The number of aromatic nitrogens is 3. The fourth-order valence-electron chi connectivity index (χ4n) is 1.97. The molecule has 0 aliphatic carbocycles. The Labute approximate surface area is 123 Å². The van der Waals surface area contributed by atoms with Crippen molar-refractivity contribution in [2.75, 3.05) is 0 Å². The number of hydrogen-bond donors (Lipinski definition) is 1. The molecule has 2 aromatic rings. The second-order valence-corrected chi connectivity index (χ2v) is 5.59. The third-order valence-corrected chi connectivity index (χ3v) is 3.35. The lowest BCUT2D eigenvalue weighted by atomic mass is 10.1. The normalized spacial score (nSPS) is 11.1. The Balaban J connectivity index is 2.41. The highest BCUT2D eigenvalue weighted by Gasteiger charge is 2.22. The van der Waals surface area contributed by atoms with E-state index in [1.54, 1.807) is 12.1 Å². The summed E-state index contributed by atoms with van der Waals surface area (Å²) in [5, 5.41) is 16.6. The van der Waals surface area contributed by atoms with E-state index < -0.39 is 5.97 Å². The van der Waals surface area contributed by atoms with Gasteiger partial charge in [-0.05, 0) is 18.1 Å². The Morgan fingerprint density at radius 2 is 2.20 bits per heavy atom. The van der Waals surface area contributed by atoms with Crippen LogP contribution in [-0.4, -0.2) is 26.1 Å². The first-order chi connectivity index (χ1) is 9.40. The van der Waals surface area contributed by atoms with Crippen molar-refractivity contribution in [1.29, 1.82) is 0 Å². The SMILES string of the molecule is CC(C)c1c(C(=O)O)nnn1Cc1ccc(Br)cc1F. The number of carboxylic acids is 1. The molecule has 1 N–H and O–H groups in total. The van der Waals surface area contributed by atoms with E-state index in [-0.39, 0.29) is 24.0 Å². The summed E-state index contributed by atoms with van der Waals surface area (Å²) in [4.78, 5) is 11.1. The molecule has 0 amide bonds. The standard InChI is InChI=1S/C13H13BrFN3O2/c1-7(2)12-11(13(19)20)16-17-18(12)6-8-3-4-9(14)5-10(8)15/h3-5,7H,6H2,1-2H3,(H,19,20). The van der Waals surface area contributed by atoms with Gasteiger partial charge in [0.25, 0.3) is 0 Å². The van der Waals surface area contributed by atoms with E-state index in [2.05, 4.69) is 26.2 Å². The van der Waals surface area contributed by atoms with Crippen molar-refractivity contribution in [1.82, 2.24) is 15.0 Å². The number of hydrogen-bond acceptors (Lipinski definition) is 3. The van der Waals surface area contributed by atoms with Gasteiger partial charge < -0.3 is 5.11 Å². The lowest BCUT2D eigenvalue weighted by Gasteiger charge is -2.10. The number of aromatic carboxylic acids is 1. The van der Waals surface area contributed by atoms with Crippen molar-refractivity contribution < 1.29 is 14.3 Å². The number of rotatable bonds is 4. The topological polar surface area (TPSA) is 68.0 Å². The summed E-state index contributed by atoms with van der Waals surface area (Å²) in [7, 11) is 0. The molecule has 2 rings (SSSR count). The van der Waals surface area contributed by atoms with Gasteiger partial charge in [-0.2, -0.15) is 0 Å². The minimum atomic E-state index is -1.13. The van der Waals surface area contributed by atoms with Gasteiger partial charge in [-0.25, -0.2) is 13.9 Å². The van der Waals surface area contributed by atoms with Crippen molar-refractivity contribution in [2.45, 2.75) is 26.3 Å². The lowest BCUT2D eigenvalue weighted by molar-refractivity contribution is 0.0688. The predicted molar refractivity (Wildman–Crippen MR) is 74.3 cm³/mol. The number of carbonyl (C=O) groups is 1. The van der Waals surface area contributed by atoms with Gasteiger partial charge >= 0.3 is 5.97 Å². The highest BCUT2D eigenvalue weighted by atomic mass is 79.9. The summed E-state index contributed by atoms with van der Waals surface area (Å²) in [5.74, 6) is -1.58. The molecule has 1 aromatic carbocycles. The highest BCUT2D eigenvalue weighted by Crippen LogP contribution is 2.21. The first-order valence-electron chi connectivity index (χ1n) is 6.00. The molecule has 0 bridgehead atoms. The molecule has 0 aliphatic heterocycles. The molecular weight excluding hydrogens is 329 g/mol. The second kappa shape index (κ2) is 5.70. The van der Waals surface area contributed by atoms with E-state index in [9.17, 15) is 9.18 Å². The fraction of sp³-hybridized carbons (Fsp3) is 0.308. The number of carboxylic acid groups (broad SMARTS) is 1. The molecule has 0 unspecified atom stereocenters. The van der Waals surface area contributed by atoms with Crippen molar-refractivity contribution in [2.24, 2.45) is 0 Å². The summed E-state index contributed by atoms with van der Waals surface area (Å²) in [5.41, 5.74) is 0.828. The molecule has 0 atom stereocenters. The molecule has 106 valence electrons. The maximum atomic E-state index is 13.8. The summed E-state index contributed by atoms with van der Waals surface area (Å²) < 4.78 is 15.9. The van der Waals surface area contributed by atoms with Gasteiger partial charge in [0.2, 0.25) is 0 Å². The van der Waals surface area contributed by atoms with E-state index in [1.165, 1.54) is 10.7 Å². The van der Waals surface area contributed by atoms with Crippen LogP contribution in [0.3, 0.4) is 0 Å². The maximum Gasteiger partial charge on any atom is 0.358 e. The zero-order chi connectivity index (χ0) is 14.9. The van der Waals surface area contributed by atoms with Crippen LogP contribution in [0.2, 0.25) is 0 Å². The molecule has 0 saturated heterocycles. The summed E-state index contributed by atoms with van der Waals surface area (Å²) in [6, 6.07) is 4.72. The van der Waals surface area contributed by atoms with Crippen molar-refractivity contribution in [3.05, 3.63) is 45.4 Å². The molecule has 0 spiro atoms. The van der Waals surface area contributed by atoms with Crippen molar-refractivity contribution in [3.63, 3.8) is 0 Å². The van der Waals surface area contributed by atoms with Crippen LogP contribution in [0.4, 0.5) is 4.39 Å². The van der Waals surface area contributed by atoms with Crippen LogP contribution >= 0.6 is 15.9 Å². The molecule has 5 nitrogen and oxygen atoms in total. The van der Waals surface area contributed by atoms with Gasteiger partial charge in [0.1, 0.15) is 5.82 Å². The zero-order valence-electron chi connectivity index (χ0n) is 11.0. The van der Waals surface area contributed by atoms with Crippen LogP contribution in [0.1, 0.15) is 41.5 Å². The van der Waals surface area contributed by atoms with E-state index in [1.807, 2.05) is 13.8 Å². The largest absolute Gasteiger partial charge is 0.476 e. The monoisotopic (exact) mass is 341 g/mol. The first kappa shape index (κ1) is 14.6. The Morgan fingerprint density at radius 1 is 1.50 bits per heavy atom. The highest BCUT2D eigenvalue weighted by molar-refractivity contribution is 9.10. The third kappa shape index (κ3) is 2.87. The fourth-order valence-corrected chi connectivity index (χ4v) is 2.31. The van der Waals surface area contributed by atoms with Crippen LogP contribution in [0.5, 0.6) is 0 Å². The van der Waals surface area contributed by atoms with Gasteiger partial charge in [-0.15, -0.1) is 5.10 Å². The average molecular weight is 342 g/mol. The molecular formula is C13H13BrFN3O2. The van der Waals surface area contributed by atoms with Gasteiger partial charge in [-0.3, -0.25) is 0 Å². The third-order valence-electron chi connectivity index (χ3n) is 2.86. The Morgan fingerprint density at radius 3 is 2.75 bits per heavy atom. The molecule has 0 aliphatic rings. The van der Waals surface area contributed by atoms with Gasteiger partial charge in [0, 0.05) is 10.0 Å². The minimum Gasteiger partial charge on any atom is -0.476 e. The minimum absolute atomic E-state index is 0.0744. The Kier molecular flexibility index (Phi) is 4.17. The molecule has 7 heteroatoms. The lowest BCUT2D eigenvalue weighted by Crippen LogP contribution is -2.11. The van der Waals surface area contributed by atoms with Crippen LogP contribution in [0.15, 0.2) is 22.7 Å². The molecule has 20 heavy (non-hydrogen) atoms. The summed E-state index contributed by atoms with van der Waals surface area (Å²) in [6.45, 7) is 3.84. The maximum absolute atomic E-state index is 13.8. The summed E-state index contributed by atoms with van der Waals surface area (Å²) >= 11 is 3.19. The van der Waals surface area contributed by atoms with Crippen molar-refractivity contribution in [3.8, 4) is 0 Å². The number of benzene rings is 1. The smallest absolute Gasteiger partial charge is 0.358 e. The number of halogens is 2. The molecule has 0 radical (unpaired) electrons. The van der Waals surface area contributed by atoms with Crippen LogP contribution in [0, 0.1) is 5.82 Å². The van der Waals surface area contributed by atoms with Crippen molar-refractivity contribution >= 4 is 21.9 Å². The van der Waals surface area contributed by atoms with Crippen LogP contribution in [-0.2, 0) is 6.54 Å². The quantitative estimate of drug-likeness (QED) is 0.927. The average Bonchev–Trinajstić information content (AvgIpc) is 2.76. The van der Waals surface area contributed by atoms with Crippen LogP contribution in [0.25, 0.3) is 0 Å². The molecule has 0 saturated carbocycles.